The van der Waals surface area contributed by atoms with Gasteiger partial charge in [-0.05, 0) is 31.2 Å². The minimum Gasteiger partial charge on any atom is -0.487 e. The van der Waals surface area contributed by atoms with E-state index in [4.69, 9.17) is 20.8 Å². The van der Waals surface area contributed by atoms with E-state index in [0.717, 1.165) is 30.5 Å². The first-order valence-corrected chi connectivity index (χ1v) is 9.49. The Kier molecular flexibility index (Phi) is 6.83. The summed E-state index contributed by atoms with van der Waals surface area (Å²) in [6.07, 6.45) is 0.928. The number of para-hydroxylation sites is 2. The highest BCUT2D eigenvalue weighted by Gasteiger charge is 2.26. The number of hydrogen-bond donors (Lipinski definition) is 1. The zero-order valence-electron chi connectivity index (χ0n) is 15.3. The van der Waals surface area contributed by atoms with Crippen molar-refractivity contribution in [3.8, 4) is 5.75 Å². The van der Waals surface area contributed by atoms with E-state index in [2.05, 4.69) is 5.32 Å². The van der Waals surface area contributed by atoms with Crippen LogP contribution >= 0.6 is 24.0 Å². The van der Waals surface area contributed by atoms with Crippen LogP contribution in [0.4, 0.5) is 0 Å². The Bertz CT molecular complexity index is 950. The maximum Gasteiger partial charge on any atom is 0.290 e. The van der Waals surface area contributed by atoms with Crippen LogP contribution in [0.3, 0.4) is 0 Å². The SMILES string of the molecule is Cl.O=C(c1oc2ccccc2c1COc1ccccc1Cl)N1CCCNCC1. The summed E-state index contributed by atoms with van der Waals surface area (Å²) in [5, 5.41) is 4.74. The Morgan fingerprint density at radius 1 is 1.11 bits per heavy atom. The fourth-order valence-corrected chi connectivity index (χ4v) is 3.51. The van der Waals surface area contributed by atoms with Gasteiger partial charge in [0.15, 0.2) is 5.76 Å². The van der Waals surface area contributed by atoms with E-state index in [-0.39, 0.29) is 24.9 Å². The van der Waals surface area contributed by atoms with Gasteiger partial charge in [0, 0.05) is 30.6 Å². The zero-order valence-corrected chi connectivity index (χ0v) is 16.9. The number of halogens is 2. The molecule has 1 amide bonds. The monoisotopic (exact) mass is 420 g/mol. The predicted molar refractivity (Wildman–Crippen MR) is 113 cm³/mol. The molecule has 2 aromatic carbocycles. The van der Waals surface area contributed by atoms with Crippen molar-refractivity contribution in [2.45, 2.75) is 13.0 Å². The van der Waals surface area contributed by atoms with Crippen LogP contribution in [0.2, 0.25) is 5.02 Å². The summed E-state index contributed by atoms with van der Waals surface area (Å²) in [6.45, 7) is 3.31. The summed E-state index contributed by atoms with van der Waals surface area (Å²) in [5.41, 5.74) is 1.44. The van der Waals surface area contributed by atoms with Crippen LogP contribution in [-0.4, -0.2) is 37.0 Å². The smallest absolute Gasteiger partial charge is 0.290 e. The van der Waals surface area contributed by atoms with E-state index in [9.17, 15) is 4.79 Å². The van der Waals surface area contributed by atoms with Gasteiger partial charge in [-0.15, -0.1) is 12.4 Å². The van der Waals surface area contributed by atoms with Gasteiger partial charge in [-0.1, -0.05) is 41.9 Å². The highest BCUT2D eigenvalue weighted by Crippen LogP contribution is 2.30. The standard InChI is InChI=1S/C21H21ClN2O3.ClH/c22-17-7-2-4-9-19(17)26-14-16-15-6-1-3-8-18(15)27-20(16)21(25)24-12-5-10-23-11-13-24;/h1-4,6-9,23H,5,10-14H2;1H. The van der Waals surface area contributed by atoms with Crippen molar-refractivity contribution < 1.29 is 13.9 Å². The molecule has 28 heavy (non-hydrogen) atoms. The number of amides is 1. The highest BCUT2D eigenvalue weighted by atomic mass is 35.5. The number of nitrogens with zero attached hydrogens (tertiary/aromatic N) is 1. The van der Waals surface area contributed by atoms with E-state index in [1.807, 2.05) is 47.4 Å². The van der Waals surface area contributed by atoms with Gasteiger partial charge in [-0.3, -0.25) is 4.79 Å². The molecule has 5 nitrogen and oxygen atoms in total. The van der Waals surface area contributed by atoms with Crippen molar-refractivity contribution in [2.24, 2.45) is 0 Å². The van der Waals surface area contributed by atoms with E-state index in [1.54, 1.807) is 6.07 Å². The first-order chi connectivity index (χ1) is 13.2. The molecule has 0 aliphatic carbocycles. The predicted octanol–water partition coefficient (Wildman–Crippen LogP) is 4.52. The number of carbonyl (C=O) groups excluding carboxylic acids is 1. The molecule has 148 valence electrons. The summed E-state index contributed by atoms with van der Waals surface area (Å²) in [5.74, 6) is 0.847. The molecule has 1 aliphatic rings. The number of nitrogens with one attached hydrogen (secondary N) is 1. The molecule has 0 atom stereocenters. The summed E-state index contributed by atoms with van der Waals surface area (Å²) < 4.78 is 11.9. The van der Waals surface area contributed by atoms with Gasteiger partial charge in [-0.25, -0.2) is 0 Å². The number of benzene rings is 2. The average Bonchev–Trinajstić information content (AvgIpc) is 2.86. The maximum atomic E-state index is 13.1. The van der Waals surface area contributed by atoms with E-state index in [0.29, 0.717) is 35.2 Å². The molecule has 1 saturated heterocycles. The zero-order chi connectivity index (χ0) is 18.6. The first-order valence-electron chi connectivity index (χ1n) is 9.12. The minimum absolute atomic E-state index is 0. The van der Waals surface area contributed by atoms with Crippen molar-refractivity contribution in [2.75, 3.05) is 26.2 Å². The molecular weight excluding hydrogens is 399 g/mol. The lowest BCUT2D eigenvalue weighted by Gasteiger charge is -2.19. The number of ether oxygens (including phenoxy) is 1. The number of fused-ring (bicyclic) bond motifs is 1. The second-order valence-electron chi connectivity index (χ2n) is 6.52. The summed E-state index contributed by atoms with van der Waals surface area (Å²) in [4.78, 5) is 15.0. The Morgan fingerprint density at radius 2 is 1.89 bits per heavy atom. The third-order valence-electron chi connectivity index (χ3n) is 4.73. The van der Waals surface area contributed by atoms with Crippen molar-refractivity contribution in [3.63, 3.8) is 0 Å². The quantitative estimate of drug-likeness (QED) is 0.673. The lowest BCUT2D eigenvalue weighted by atomic mass is 10.1. The molecular formula is C21H22Cl2N2O3. The minimum atomic E-state index is -0.0901. The first kappa shape index (κ1) is 20.5. The van der Waals surface area contributed by atoms with Crippen LogP contribution in [0.15, 0.2) is 52.9 Å². The van der Waals surface area contributed by atoms with Gasteiger partial charge in [-0.2, -0.15) is 0 Å². The van der Waals surface area contributed by atoms with Crippen LogP contribution < -0.4 is 10.1 Å². The number of furan rings is 1. The topological polar surface area (TPSA) is 54.7 Å². The van der Waals surface area contributed by atoms with Gasteiger partial charge in [0.2, 0.25) is 0 Å². The molecule has 4 rings (SSSR count). The largest absolute Gasteiger partial charge is 0.487 e. The number of rotatable bonds is 4. The Hall–Kier alpha value is -2.21. The van der Waals surface area contributed by atoms with Crippen LogP contribution in [-0.2, 0) is 6.61 Å². The lowest BCUT2D eigenvalue weighted by molar-refractivity contribution is 0.0733. The van der Waals surface area contributed by atoms with Gasteiger partial charge in [0.25, 0.3) is 5.91 Å². The Balaban J connectivity index is 0.00000225. The second kappa shape index (κ2) is 9.32. The maximum absolute atomic E-state index is 13.1. The van der Waals surface area contributed by atoms with Gasteiger partial charge >= 0.3 is 0 Å². The van der Waals surface area contributed by atoms with E-state index in [1.165, 1.54) is 0 Å². The van der Waals surface area contributed by atoms with Crippen molar-refractivity contribution in [3.05, 3.63) is 64.9 Å². The lowest BCUT2D eigenvalue weighted by Crippen LogP contribution is -2.34. The Morgan fingerprint density at radius 3 is 2.75 bits per heavy atom. The molecule has 0 bridgehead atoms. The molecule has 1 aromatic heterocycles. The molecule has 1 fully saturated rings. The summed E-state index contributed by atoms with van der Waals surface area (Å²) >= 11 is 6.19. The van der Waals surface area contributed by atoms with Gasteiger partial charge in [0.1, 0.15) is 17.9 Å². The number of carbonyl (C=O) groups is 1. The molecule has 7 heteroatoms. The molecule has 1 aliphatic heterocycles. The molecule has 1 N–H and O–H groups in total. The van der Waals surface area contributed by atoms with Crippen LogP contribution in [0.1, 0.15) is 22.5 Å². The molecule has 0 saturated carbocycles. The van der Waals surface area contributed by atoms with Gasteiger partial charge in [0.05, 0.1) is 5.02 Å². The number of hydrogen-bond acceptors (Lipinski definition) is 4. The van der Waals surface area contributed by atoms with Crippen LogP contribution in [0, 0.1) is 0 Å². The third kappa shape index (κ3) is 4.27. The van der Waals surface area contributed by atoms with E-state index < -0.39 is 0 Å². The third-order valence-corrected chi connectivity index (χ3v) is 5.04. The Labute approximate surface area is 175 Å². The van der Waals surface area contributed by atoms with Crippen LogP contribution in [0.5, 0.6) is 5.75 Å². The summed E-state index contributed by atoms with van der Waals surface area (Å²) in [7, 11) is 0. The normalized spacial score (nSPS) is 14.4. The highest BCUT2D eigenvalue weighted by molar-refractivity contribution is 6.32. The van der Waals surface area contributed by atoms with Crippen LogP contribution in [0.25, 0.3) is 11.0 Å². The molecule has 0 radical (unpaired) electrons. The van der Waals surface area contributed by atoms with Crippen molar-refractivity contribution in [1.82, 2.24) is 10.2 Å². The molecule has 2 heterocycles. The molecule has 0 spiro atoms. The fraction of sp³-hybridized carbons (Fsp3) is 0.286. The van der Waals surface area contributed by atoms with E-state index >= 15 is 0 Å². The molecule has 0 unspecified atom stereocenters. The second-order valence-corrected chi connectivity index (χ2v) is 6.93. The van der Waals surface area contributed by atoms with Crippen molar-refractivity contribution >= 4 is 40.9 Å². The molecule has 3 aromatic rings. The van der Waals surface area contributed by atoms with Gasteiger partial charge < -0.3 is 19.4 Å². The van der Waals surface area contributed by atoms with Crippen molar-refractivity contribution in [1.29, 1.82) is 0 Å². The average molecular weight is 421 g/mol. The summed E-state index contributed by atoms with van der Waals surface area (Å²) in [6, 6.07) is 15.0. The fourth-order valence-electron chi connectivity index (χ4n) is 3.32.